The maximum atomic E-state index is 13.8. The van der Waals surface area contributed by atoms with Crippen molar-refractivity contribution < 1.29 is 13.9 Å². The van der Waals surface area contributed by atoms with E-state index < -0.39 is 5.82 Å². The number of ketones is 1. The lowest BCUT2D eigenvalue weighted by Gasteiger charge is -2.31. The van der Waals surface area contributed by atoms with Crippen molar-refractivity contribution in [2.24, 2.45) is 0 Å². The molecule has 1 aliphatic heterocycles. The van der Waals surface area contributed by atoms with Crippen LogP contribution in [0.5, 0.6) is 5.75 Å². The van der Waals surface area contributed by atoms with Gasteiger partial charge in [0.15, 0.2) is 5.78 Å². The first-order chi connectivity index (χ1) is 10.7. The van der Waals surface area contributed by atoms with Crippen LogP contribution in [-0.4, -0.2) is 25.5 Å². The van der Waals surface area contributed by atoms with E-state index in [2.05, 4.69) is 11.8 Å². The SMILES string of the molecule is CCCN1CCOc2cc(C(=O)c3ccccc3F)ccc21. The molecule has 0 spiro atoms. The first-order valence-corrected chi connectivity index (χ1v) is 7.51. The van der Waals surface area contributed by atoms with Gasteiger partial charge < -0.3 is 9.64 Å². The van der Waals surface area contributed by atoms with Crippen LogP contribution in [0.2, 0.25) is 0 Å². The predicted molar refractivity (Wildman–Crippen MR) is 84.3 cm³/mol. The van der Waals surface area contributed by atoms with Crippen LogP contribution in [0.15, 0.2) is 42.5 Å². The minimum atomic E-state index is -0.501. The highest BCUT2D eigenvalue weighted by Gasteiger charge is 2.20. The van der Waals surface area contributed by atoms with E-state index in [4.69, 9.17) is 4.74 Å². The number of benzene rings is 2. The summed E-state index contributed by atoms with van der Waals surface area (Å²) >= 11 is 0. The van der Waals surface area contributed by atoms with Gasteiger partial charge in [0.05, 0.1) is 17.8 Å². The number of carbonyl (C=O) groups is 1. The fraction of sp³-hybridized carbons (Fsp3) is 0.278. The normalized spacial score (nSPS) is 13.5. The molecule has 1 heterocycles. The van der Waals surface area contributed by atoms with Crippen molar-refractivity contribution in [3.05, 3.63) is 59.4 Å². The topological polar surface area (TPSA) is 29.5 Å². The highest BCUT2D eigenvalue weighted by Crippen LogP contribution is 2.33. The molecule has 0 atom stereocenters. The van der Waals surface area contributed by atoms with Crippen molar-refractivity contribution in [3.8, 4) is 5.75 Å². The summed E-state index contributed by atoms with van der Waals surface area (Å²) in [6, 6.07) is 11.4. The van der Waals surface area contributed by atoms with Crippen LogP contribution >= 0.6 is 0 Å². The lowest BCUT2D eigenvalue weighted by atomic mass is 10.0. The maximum Gasteiger partial charge on any atom is 0.196 e. The molecule has 0 aromatic heterocycles. The predicted octanol–water partition coefficient (Wildman–Crippen LogP) is 3.67. The van der Waals surface area contributed by atoms with Crippen LogP contribution in [-0.2, 0) is 0 Å². The molecule has 0 fully saturated rings. The molecule has 0 saturated carbocycles. The molecule has 3 nitrogen and oxygen atoms in total. The van der Waals surface area contributed by atoms with E-state index in [0.29, 0.717) is 17.9 Å². The molecule has 0 amide bonds. The molecule has 0 unspecified atom stereocenters. The van der Waals surface area contributed by atoms with Crippen molar-refractivity contribution in [1.82, 2.24) is 0 Å². The number of hydrogen-bond acceptors (Lipinski definition) is 3. The van der Waals surface area contributed by atoms with Crippen molar-refractivity contribution >= 4 is 11.5 Å². The van der Waals surface area contributed by atoms with Gasteiger partial charge in [-0.1, -0.05) is 19.1 Å². The minimum absolute atomic E-state index is 0.0867. The monoisotopic (exact) mass is 299 g/mol. The molecule has 0 saturated heterocycles. The summed E-state index contributed by atoms with van der Waals surface area (Å²) < 4.78 is 19.4. The Morgan fingerprint density at radius 3 is 2.86 bits per heavy atom. The van der Waals surface area contributed by atoms with Gasteiger partial charge in [0.1, 0.15) is 18.2 Å². The van der Waals surface area contributed by atoms with Gasteiger partial charge in [-0.2, -0.15) is 0 Å². The summed E-state index contributed by atoms with van der Waals surface area (Å²) in [6.07, 6.45) is 1.05. The number of hydrogen-bond donors (Lipinski definition) is 0. The van der Waals surface area contributed by atoms with E-state index >= 15 is 0 Å². The van der Waals surface area contributed by atoms with Gasteiger partial charge >= 0.3 is 0 Å². The molecule has 1 aliphatic rings. The average molecular weight is 299 g/mol. The molecular weight excluding hydrogens is 281 g/mol. The van der Waals surface area contributed by atoms with Gasteiger partial charge in [-0.25, -0.2) is 4.39 Å². The summed E-state index contributed by atoms with van der Waals surface area (Å²) in [7, 11) is 0. The van der Waals surface area contributed by atoms with Crippen molar-refractivity contribution in [1.29, 1.82) is 0 Å². The molecule has 0 N–H and O–H groups in total. The molecule has 3 rings (SSSR count). The van der Waals surface area contributed by atoms with Crippen molar-refractivity contribution in [2.45, 2.75) is 13.3 Å². The van der Waals surface area contributed by atoms with Crippen LogP contribution < -0.4 is 9.64 Å². The van der Waals surface area contributed by atoms with Crippen LogP contribution in [0, 0.1) is 5.82 Å². The largest absolute Gasteiger partial charge is 0.490 e. The standard InChI is InChI=1S/C18H18FNO2/c1-2-9-20-10-11-22-17-12-13(7-8-16(17)20)18(21)14-5-3-4-6-15(14)19/h3-8,12H,2,9-11H2,1H3. The molecule has 2 aromatic rings. The van der Waals surface area contributed by atoms with Gasteiger partial charge in [0.25, 0.3) is 0 Å². The Morgan fingerprint density at radius 2 is 2.09 bits per heavy atom. The second-order valence-corrected chi connectivity index (χ2v) is 5.33. The zero-order valence-corrected chi connectivity index (χ0v) is 12.5. The third-order valence-corrected chi connectivity index (χ3v) is 3.79. The third kappa shape index (κ3) is 2.69. The fourth-order valence-electron chi connectivity index (χ4n) is 2.72. The first-order valence-electron chi connectivity index (χ1n) is 7.51. The average Bonchev–Trinajstić information content (AvgIpc) is 2.55. The maximum absolute atomic E-state index is 13.8. The zero-order valence-electron chi connectivity index (χ0n) is 12.5. The summed E-state index contributed by atoms with van der Waals surface area (Å²) in [5.41, 5.74) is 1.53. The lowest BCUT2D eigenvalue weighted by molar-refractivity contribution is 0.103. The Labute approximate surface area is 129 Å². The van der Waals surface area contributed by atoms with E-state index in [1.807, 2.05) is 6.07 Å². The van der Waals surface area contributed by atoms with E-state index in [1.165, 1.54) is 12.1 Å². The molecule has 0 radical (unpaired) electrons. The molecule has 2 aromatic carbocycles. The summed E-state index contributed by atoms with van der Waals surface area (Å²) in [6.45, 7) is 4.54. The van der Waals surface area contributed by atoms with Crippen LogP contribution in [0.3, 0.4) is 0 Å². The molecule has 0 bridgehead atoms. The second kappa shape index (κ2) is 6.18. The highest BCUT2D eigenvalue weighted by atomic mass is 19.1. The number of nitrogens with zero attached hydrogens (tertiary/aromatic N) is 1. The smallest absolute Gasteiger partial charge is 0.196 e. The molecule has 4 heteroatoms. The van der Waals surface area contributed by atoms with Gasteiger partial charge in [-0.15, -0.1) is 0 Å². The number of anilines is 1. The number of fused-ring (bicyclic) bond motifs is 1. The van der Waals surface area contributed by atoms with E-state index in [-0.39, 0.29) is 11.3 Å². The Kier molecular flexibility index (Phi) is 4.09. The number of halogens is 1. The van der Waals surface area contributed by atoms with Crippen LogP contribution in [0.25, 0.3) is 0 Å². The van der Waals surface area contributed by atoms with E-state index in [9.17, 15) is 9.18 Å². The summed E-state index contributed by atoms with van der Waals surface area (Å²) in [4.78, 5) is 14.7. The number of carbonyl (C=O) groups excluding carboxylic acids is 1. The summed E-state index contributed by atoms with van der Waals surface area (Å²) in [5.74, 6) is -0.127. The van der Waals surface area contributed by atoms with Crippen LogP contribution in [0.1, 0.15) is 29.3 Å². The van der Waals surface area contributed by atoms with Crippen molar-refractivity contribution in [2.75, 3.05) is 24.6 Å². The highest BCUT2D eigenvalue weighted by molar-refractivity contribution is 6.09. The second-order valence-electron chi connectivity index (χ2n) is 5.33. The van der Waals surface area contributed by atoms with Gasteiger partial charge in [-0.3, -0.25) is 4.79 Å². The fourth-order valence-corrected chi connectivity index (χ4v) is 2.72. The Balaban J connectivity index is 1.94. The first kappa shape index (κ1) is 14.6. The van der Waals surface area contributed by atoms with Gasteiger partial charge in [0, 0.05) is 12.1 Å². The summed E-state index contributed by atoms with van der Waals surface area (Å²) in [5, 5.41) is 0. The minimum Gasteiger partial charge on any atom is -0.490 e. The van der Waals surface area contributed by atoms with Crippen molar-refractivity contribution in [3.63, 3.8) is 0 Å². The Bertz CT molecular complexity index is 699. The van der Waals surface area contributed by atoms with E-state index in [0.717, 1.165) is 25.2 Å². The molecular formula is C18H18FNO2. The van der Waals surface area contributed by atoms with Gasteiger partial charge in [0.2, 0.25) is 0 Å². The molecule has 22 heavy (non-hydrogen) atoms. The quantitative estimate of drug-likeness (QED) is 0.807. The lowest BCUT2D eigenvalue weighted by Crippen LogP contribution is -2.33. The van der Waals surface area contributed by atoms with Crippen LogP contribution in [0.4, 0.5) is 10.1 Å². The zero-order chi connectivity index (χ0) is 15.5. The number of ether oxygens (including phenoxy) is 1. The Hall–Kier alpha value is -2.36. The molecule has 0 aliphatic carbocycles. The molecule has 114 valence electrons. The van der Waals surface area contributed by atoms with Gasteiger partial charge in [-0.05, 0) is 36.8 Å². The third-order valence-electron chi connectivity index (χ3n) is 3.79. The Morgan fingerprint density at radius 1 is 1.27 bits per heavy atom. The van der Waals surface area contributed by atoms with E-state index in [1.54, 1.807) is 24.3 Å². The number of rotatable bonds is 4.